The van der Waals surface area contributed by atoms with Gasteiger partial charge in [0.1, 0.15) is 104 Å². The summed E-state index contributed by atoms with van der Waals surface area (Å²) in [4.78, 5) is 14.8. The first-order valence-corrected chi connectivity index (χ1v) is 30.0. The van der Waals surface area contributed by atoms with E-state index in [2.05, 4.69) is 54.5 Å². The lowest BCUT2D eigenvalue weighted by atomic mass is 9.33. The van der Waals surface area contributed by atoms with Crippen molar-refractivity contribution in [3.8, 4) is 0 Å². The van der Waals surface area contributed by atoms with Crippen LogP contribution >= 0.6 is 0 Å². The van der Waals surface area contributed by atoms with Crippen LogP contribution in [0, 0.1) is 50.2 Å². The van der Waals surface area contributed by atoms with Crippen LogP contribution in [0.2, 0.25) is 0 Å². The minimum atomic E-state index is -1.88. The number of esters is 1. The summed E-state index contributed by atoms with van der Waals surface area (Å²) in [5, 5.41) is 151. The lowest BCUT2D eigenvalue weighted by Gasteiger charge is -2.71. The highest BCUT2D eigenvalue weighted by Gasteiger charge is 2.70. The van der Waals surface area contributed by atoms with E-state index in [0.717, 1.165) is 38.5 Å². The molecule has 0 aromatic carbocycles. The Labute approximate surface area is 483 Å². The molecule has 0 aromatic rings. The van der Waals surface area contributed by atoms with E-state index in [9.17, 15) is 76.3 Å². The van der Waals surface area contributed by atoms with Crippen molar-refractivity contribution in [3.63, 3.8) is 0 Å². The highest BCUT2D eigenvalue weighted by molar-refractivity contribution is 5.79. The molecule has 83 heavy (non-hydrogen) atoms. The van der Waals surface area contributed by atoms with E-state index in [-0.39, 0.29) is 39.4 Å². The summed E-state index contributed by atoms with van der Waals surface area (Å²) in [5.41, 5.74) is -0.911. The summed E-state index contributed by atoms with van der Waals surface area (Å²) >= 11 is 0. The first-order chi connectivity index (χ1) is 38.9. The average Bonchev–Trinajstić information content (AvgIpc) is 1.06. The zero-order chi connectivity index (χ0) is 60.4. The molecule has 0 spiro atoms. The Morgan fingerprint density at radius 1 is 0.542 bits per heavy atom. The Kier molecular flexibility index (Phi) is 18.3. The van der Waals surface area contributed by atoms with Crippen LogP contribution in [0.25, 0.3) is 0 Å². The van der Waals surface area contributed by atoms with Crippen molar-refractivity contribution >= 4 is 5.97 Å². The molecule has 0 radical (unpaired) electrons. The Morgan fingerprint density at radius 2 is 1.13 bits per heavy atom. The van der Waals surface area contributed by atoms with Gasteiger partial charge in [0.2, 0.25) is 6.29 Å². The van der Waals surface area contributed by atoms with Gasteiger partial charge in [0, 0.05) is 0 Å². The predicted molar refractivity (Wildman–Crippen MR) is 282 cm³/mol. The summed E-state index contributed by atoms with van der Waals surface area (Å²) in [6.07, 6.45) is -27.4. The van der Waals surface area contributed by atoms with Gasteiger partial charge in [-0.3, -0.25) is 4.79 Å². The SMILES string of the molecule is C[C@H]1O[C@@H](O[C@@H]2[C@@H](O)[C@@H](O[C@H]3[C@H](O)[C@@H](O)[C@H](O[C@H]4CC[C@@]5(C)C(CC[C@]6(C)C5CC=C5C7CC(C)(C)CC[C@]7(C(=O)O[C@@H]7O[C@H](CO)[C@@H](O)[C@H](O)[C@H]7O)CC[C@]56C)C4(C)C)O[C@@H]3CO)OC[C@H]2O)[C@@H](O[C@@H]2OC[C@@H](O)[C@H](O)[C@H]2O)[C@@H](O)[C@@H]1O. The second-order valence-electron chi connectivity index (χ2n) is 28.2. The summed E-state index contributed by atoms with van der Waals surface area (Å²) in [7, 11) is 0. The van der Waals surface area contributed by atoms with Gasteiger partial charge in [-0.05, 0) is 116 Å². The highest BCUT2D eigenvalue weighted by Crippen LogP contribution is 2.76. The van der Waals surface area contributed by atoms with Crippen LogP contribution in [-0.4, -0.2) is 251 Å². The van der Waals surface area contributed by atoms with Crippen LogP contribution in [0.3, 0.4) is 0 Å². The fourth-order valence-corrected chi connectivity index (χ4v) is 17.4. The monoisotopic (exact) mass is 1190 g/mol. The molecule has 0 aromatic heterocycles. The van der Waals surface area contributed by atoms with Crippen LogP contribution in [0.15, 0.2) is 11.6 Å². The molecule has 14 N–H and O–H groups in total. The molecule has 5 aliphatic carbocycles. The molecule has 0 bridgehead atoms. The summed E-state index contributed by atoms with van der Waals surface area (Å²) < 4.78 is 59.3. The average molecular weight is 1190 g/mol. The van der Waals surface area contributed by atoms with E-state index in [4.69, 9.17) is 47.4 Å². The number of aliphatic hydroxyl groups is 14. The van der Waals surface area contributed by atoms with Crippen molar-refractivity contribution in [2.75, 3.05) is 26.4 Å². The minimum absolute atomic E-state index is 0.0855. The fraction of sp³-hybridized carbons (Fsp3) is 0.948. The Bertz CT molecular complexity index is 2310. The Morgan fingerprint density at radius 3 is 1.82 bits per heavy atom. The molecule has 476 valence electrons. The minimum Gasteiger partial charge on any atom is -0.432 e. The van der Waals surface area contributed by atoms with Crippen molar-refractivity contribution in [2.24, 2.45) is 50.2 Å². The van der Waals surface area contributed by atoms with Gasteiger partial charge in [-0.25, -0.2) is 0 Å². The molecular formula is C58H94O25. The fourth-order valence-electron chi connectivity index (χ4n) is 17.4. The molecule has 31 atom stereocenters. The Balaban J connectivity index is 0.808. The zero-order valence-electron chi connectivity index (χ0n) is 48.8. The second kappa shape index (κ2) is 23.6. The molecule has 9 fully saturated rings. The number of fused-ring (bicyclic) bond motifs is 7. The van der Waals surface area contributed by atoms with Gasteiger partial charge in [0.15, 0.2) is 25.2 Å². The third-order valence-corrected chi connectivity index (χ3v) is 22.7. The molecular weight excluding hydrogens is 1100 g/mol. The number of rotatable bonds is 12. The largest absolute Gasteiger partial charge is 0.432 e. The van der Waals surface area contributed by atoms with Gasteiger partial charge in [-0.2, -0.15) is 0 Å². The number of carbonyl (C=O) groups excluding carboxylic acids is 1. The number of ether oxygens (including phenoxy) is 10. The van der Waals surface area contributed by atoms with Crippen molar-refractivity contribution in [1.29, 1.82) is 0 Å². The van der Waals surface area contributed by atoms with Gasteiger partial charge in [-0.15, -0.1) is 0 Å². The van der Waals surface area contributed by atoms with Crippen LogP contribution in [0.4, 0.5) is 0 Å². The van der Waals surface area contributed by atoms with E-state index < -0.39 is 191 Å². The maximum absolute atomic E-state index is 14.8. The Hall–Kier alpha value is -1.71. The molecule has 5 aliphatic heterocycles. The molecule has 0 amide bonds. The smallest absolute Gasteiger partial charge is 0.315 e. The maximum atomic E-state index is 14.8. The molecule has 10 aliphatic rings. The number of allylic oxidation sites excluding steroid dienone is 2. The topological polar surface area (TPSA) is 393 Å². The quantitative estimate of drug-likeness (QED) is 0.0576. The van der Waals surface area contributed by atoms with Gasteiger partial charge in [-0.1, -0.05) is 60.1 Å². The van der Waals surface area contributed by atoms with E-state index >= 15 is 0 Å². The molecule has 5 heterocycles. The van der Waals surface area contributed by atoms with Crippen LogP contribution < -0.4 is 0 Å². The zero-order valence-corrected chi connectivity index (χ0v) is 48.8. The number of aliphatic hydroxyl groups excluding tert-OH is 14. The van der Waals surface area contributed by atoms with E-state index in [1.54, 1.807) is 0 Å². The second-order valence-corrected chi connectivity index (χ2v) is 28.2. The van der Waals surface area contributed by atoms with Gasteiger partial charge < -0.3 is 119 Å². The standard InChI is InChI=1S/C58H94O25/c1-24-34(63)38(67)46(82-47-40(69)35(64)27(61)22-74-47)51(76-24)80-44-28(62)23-75-48(43(44)72)81-45-30(21-60)78-49(42(71)39(45)68)79-33-12-13-55(6)31(54(33,4)5)11-14-57(8)32(55)10-9-25-26-19-53(2,3)15-17-58(26,18-16-56(25,57)7)52(73)83-50-41(70)37(66)36(65)29(20-59)77-50/h9,24,26-51,59-72H,10-23H2,1-8H3/t24-,26?,27-,28-,29-,30-,31?,32?,33+,34-,35+,36-,37+,38+,39-,40-,41-,42-,43-,44+,45-,46+,47+,48-,49+,50+,51+,55+,56-,57-,58+/m1/s1. The summed E-state index contributed by atoms with van der Waals surface area (Å²) in [6, 6.07) is 0. The van der Waals surface area contributed by atoms with E-state index in [0.29, 0.717) is 25.7 Å². The summed E-state index contributed by atoms with van der Waals surface area (Å²) in [5.74, 6) is -0.313. The maximum Gasteiger partial charge on any atom is 0.315 e. The molecule has 3 unspecified atom stereocenters. The van der Waals surface area contributed by atoms with Crippen molar-refractivity contribution in [3.05, 3.63) is 11.6 Å². The van der Waals surface area contributed by atoms with Crippen LogP contribution in [0.5, 0.6) is 0 Å². The first-order valence-electron chi connectivity index (χ1n) is 30.0. The number of hydrogen-bond donors (Lipinski definition) is 14. The van der Waals surface area contributed by atoms with Gasteiger partial charge in [0.25, 0.3) is 0 Å². The number of hydrogen-bond acceptors (Lipinski definition) is 25. The third-order valence-electron chi connectivity index (χ3n) is 22.7. The first kappa shape index (κ1) is 64.3. The van der Waals surface area contributed by atoms with Gasteiger partial charge in [0.05, 0.1) is 44.1 Å². The number of carbonyl (C=O) groups is 1. The normalized spacial score (nSPS) is 54.2. The predicted octanol–water partition coefficient (Wildman–Crippen LogP) is -1.91. The molecule has 10 rings (SSSR count). The van der Waals surface area contributed by atoms with Crippen molar-refractivity contribution in [1.82, 2.24) is 0 Å². The molecule has 5 saturated heterocycles. The third kappa shape index (κ3) is 10.8. The van der Waals surface area contributed by atoms with Crippen molar-refractivity contribution < 1.29 is 124 Å². The lowest BCUT2D eigenvalue weighted by Crippen LogP contribution is -2.67. The van der Waals surface area contributed by atoms with Crippen LogP contribution in [0.1, 0.15) is 120 Å². The van der Waals surface area contributed by atoms with Crippen molar-refractivity contribution in [2.45, 2.75) is 267 Å². The molecule has 4 saturated carbocycles. The highest BCUT2D eigenvalue weighted by atomic mass is 16.8. The van der Waals surface area contributed by atoms with E-state index in [1.807, 2.05) is 0 Å². The van der Waals surface area contributed by atoms with Gasteiger partial charge >= 0.3 is 5.97 Å². The van der Waals surface area contributed by atoms with Crippen LogP contribution in [-0.2, 0) is 52.2 Å². The van der Waals surface area contributed by atoms with E-state index in [1.165, 1.54) is 12.5 Å². The molecule has 25 heteroatoms. The lowest BCUT2D eigenvalue weighted by molar-refractivity contribution is -0.385. The summed E-state index contributed by atoms with van der Waals surface area (Å²) in [6.45, 7) is 15.1. The molecule has 25 nitrogen and oxygen atoms in total.